The van der Waals surface area contributed by atoms with E-state index in [1.54, 1.807) is 7.05 Å². The number of hydrogen-bond donors (Lipinski definition) is 2. The average Bonchev–Trinajstić information content (AvgIpc) is 2.72. The minimum Gasteiger partial charge on any atom is -0.478 e. The summed E-state index contributed by atoms with van der Waals surface area (Å²) in [6, 6.07) is 3.21. The Hall–Kier alpha value is -2.28. The molecule has 0 aliphatic carbocycles. The van der Waals surface area contributed by atoms with Gasteiger partial charge in [0, 0.05) is 20.1 Å². The lowest BCUT2D eigenvalue weighted by atomic mass is 10.2. The molecular formula is C12H12ClN3O4. The summed E-state index contributed by atoms with van der Waals surface area (Å²) in [4.78, 5) is 37.0. The van der Waals surface area contributed by atoms with Gasteiger partial charge in [0.2, 0.25) is 0 Å². The normalized spacial score (nSPS) is 14.6. The lowest BCUT2D eigenvalue weighted by Crippen LogP contribution is -2.38. The fraction of sp³-hybridized carbons (Fsp3) is 0.250. The van der Waals surface area contributed by atoms with E-state index in [0.29, 0.717) is 6.54 Å². The highest BCUT2D eigenvalue weighted by Gasteiger charge is 2.31. The van der Waals surface area contributed by atoms with Crippen molar-refractivity contribution in [3.05, 3.63) is 28.8 Å². The lowest BCUT2D eigenvalue weighted by molar-refractivity contribution is 0.0697. The SMILES string of the molecule is CN1CCN(C(=O)Nc2cccc(C(=O)O)c2Cl)C1=O. The zero-order valence-corrected chi connectivity index (χ0v) is 11.3. The zero-order chi connectivity index (χ0) is 14.9. The maximum Gasteiger partial charge on any atom is 0.337 e. The molecule has 20 heavy (non-hydrogen) atoms. The molecule has 1 fully saturated rings. The van der Waals surface area contributed by atoms with Crippen LogP contribution in [0.4, 0.5) is 15.3 Å². The van der Waals surface area contributed by atoms with Gasteiger partial charge in [-0.2, -0.15) is 0 Å². The molecule has 1 aromatic carbocycles. The van der Waals surface area contributed by atoms with Crippen molar-refractivity contribution >= 4 is 35.3 Å². The molecule has 2 rings (SSSR count). The second kappa shape index (κ2) is 5.38. The van der Waals surface area contributed by atoms with E-state index in [-0.39, 0.29) is 22.8 Å². The number of nitrogens with zero attached hydrogens (tertiary/aromatic N) is 2. The van der Waals surface area contributed by atoms with Gasteiger partial charge in [0.1, 0.15) is 0 Å². The highest BCUT2D eigenvalue weighted by molar-refractivity contribution is 6.36. The van der Waals surface area contributed by atoms with Crippen LogP contribution in [0.5, 0.6) is 0 Å². The van der Waals surface area contributed by atoms with Crippen molar-refractivity contribution in [3.8, 4) is 0 Å². The first kappa shape index (κ1) is 14.1. The number of likely N-dealkylation sites (N-methyl/N-ethyl adjacent to an activating group) is 1. The predicted molar refractivity (Wildman–Crippen MR) is 72.2 cm³/mol. The van der Waals surface area contributed by atoms with Gasteiger partial charge >= 0.3 is 18.0 Å². The lowest BCUT2D eigenvalue weighted by Gasteiger charge is -2.16. The molecule has 0 atom stereocenters. The Morgan fingerprint density at radius 3 is 2.60 bits per heavy atom. The fourth-order valence-corrected chi connectivity index (χ4v) is 2.07. The smallest absolute Gasteiger partial charge is 0.337 e. The summed E-state index contributed by atoms with van der Waals surface area (Å²) in [6.45, 7) is 0.729. The highest BCUT2D eigenvalue weighted by atomic mass is 35.5. The number of aromatic carboxylic acids is 1. The summed E-state index contributed by atoms with van der Waals surface area (Å²) >= 11 is 5.91. The molecule has 0 saturated carbocycles. The van der Waals surface area contributed by atoms with Crippen molar-refractivity contribution in [2.45, 2.75) is 0 Å². The number of amides is 4. The standard InChI is InChI=1S/C12H12ClN3O4/c1-15-5-6-16(12(15)20)11(19)14-8-4-2-3-7(9(8)13)10(17)18/h2-4H,5-6H2,1H3,(H,14,19)(H,17,18). The van der Waals surface area contributed by atoms with Gasteiger partial charge in [0.15, 0.2) is 0 Å². The van der Waals surface area contributed by atoms with Crippen molar-refractivity contribution in [2.24, 2.45) is 0 Å². The molecule has 4 amide bonds. The molecule has 0 spiro atoms. The molecule has 106 valence electrons. The molecule has 1 aliphatic rings. The van der Waals surface area contributed by atoms with Crippen LogP contribution in [0, 0.1) is 0 Å². The first-order valence-corrected chi connectivity index (χ1v) is 6.15. The molecule has 7 nitrogen and oxygen atoms in total. The van der Waals surface area contributed by atoms with Crippen LogP contribution in [-0.2, 0) is 0 Å². The van der Waals surface area contributed by atoms with Gasteiger partial charge in [-0.05, 0) is 12.1 Å². The number of nitrogens with one attached hydrogen (secondary N) is 1. The maximum atomic E-state index is 12.0. The number of benzene rings is 1. The molecule has 8 heteroatoms. The van der Waals surface area contributed by atoms with E-state index < -0.39 is 18.0 Å². The third kappa shape index (κ3) is 2.53. The van der Waals surface area contributed by atoms with Crippen LogP contribution in [0.1, 0.15) is 10.4 Å². The summed E-state index contributed by atoms with van der Waals surface area (Å²) in [6.07, 6.45) is 0. The Labute approximate surface area is 119 Å². The van der Waals surface area contributed by atoms with E-state index >= 15 is 0 Å². The summed E-state index contributed by atoms with van der Waals surface area (Å²) in [5.41, 5.74) is 0.0354. The average molecular weight is 298 g/mol. The molecule has 0 radical (unpaired) electrons. The molecule has 2 N–H and O–H groups in total. The van der Waals surface area contributed by atoms with Crippen LogP contribution in [0.25, 0.3) is 0 Å². The van der Waals surface area contributed by atoms with Crippen LogP contribution in [-0.4, -0.2) is 53.1 Å². The fourth-order valence-electron chi connectivity index (χ4n) is 1.81. The number of carbonyl (C=O) groups excluding carboxylic acids is 2. The molecule has 1 aliphatic heterocycles. The summed E-state index contributed by atoms with van der Waals surface area (Å²) in [5.74, 6) is -1.19. The first-order chi connectivity index (χ1) is 9.41. The zero-order valence-electron chi connectivity index (χ0n) is 10.6. The monoisotopic (exact) mass is 297 g/mol. The van der Waals surface area contributed by atoms with E-state index in [0.717, 1.165) is 4.90 Å². The summed E-state index contributed by atoms with van der Waals surface area (Å²) < 4.78 is 0. The van der Waals surface area contributed by atoms with Crippen LogP contribution in [0.2, 0.25) is 5.02 Å². The number of rotatable bonds is 2. The highest BCUT2D eigenvalue weighted by Crippen LogP contribution is 2.26. The number of urea groups is 2. The Balaban J connectivity index is 2.19. The Kier molecular flexibility index (Phi) is 3.80. The second-order valence-corrected chi connectivity index (χ2v) is 4.64. The predicted octanol–water partition coefficient (Wildman–Crippen LogP) is 1.94. The quantitative estimate of drug-likeness (QED) is 0.873. The second-order valence-electron chi connectivity index (χ2n) is 4.26. The van der Waals surface area contributed by atoms with E-state index in [1.165, 1.54) is 23.1 Å². The number of anilines is 1. The Morgan fingerprint density at radius 2 is 2.05 bits per heavy atom. The number of carbonyl (C=O) groups is 3. The maximum absolute atomic E-state index is 12.0. The molecule has 0 bridgehead atoms. The summed E-state index contributed by atoms with van der Waals surface area (Å²) in [7, 11) is 1.59. The van der Waals surface area contributed by atoms with E-state index in [1.807, 2.05) is 0 Å². The van der Waals surface area contributed by atoms with Gasteiger partial charge in [0.05, 0.1) is 16.3 Å². The number of carboxylic acids is 1. The van der Waals surface area contributed by atoms with Crippen molar-refractivity contribution in [3.63, 3.8) is 0 Å². The van der Waals surface area contributed by atoms with Crippen LogP contribution < -0.4 is 5.32 Å². The molecule has 0 aromatic heterocycles. The molecule has 1 saturated heterocycles. The number of imide groups is 1. The Morgan fingerprint density at radius 1 is 1.35 bits per heavy atom. The van der Waals surface area contributed by atoms with Crippen LogP contribution in [0.15, 0.2) is 18.2 Å². The van der Waals surface area contributed by atoms with Gasteiger partial charge in [-0.3, -0.25) is 0 Å². The molecule has 0 unspecified atom stereocenters. The summed E-state index contributed by atoms with van der Waals surface area (Å²) in [5, 5.41) is 11.3. The largest absolute Gasteiger partial charge is 0.478 e. The topological polar surface area (TPSA) is 89.9 Å². The third-order valence-electron chi connectivity index (χ3n) is 2.93. The van der Waals surface area contributed by atoms with Crippen molar-refractivity contribution in [1.82, 2.24) is 9.80 Å². The van der Waals surface area contributed by atoms with Gasteiger partial charge in [-0.25, -0.2) is 19.3 Å². The van der Waals surface area contributed by atoms with Gasteiger partial charge in [0.25, 0.3) is 0 Å². The van der Waals surface area contributed by atoms with Crippen LogP contribution >= 0.6 is 11.6 Å². The van der Waals surface area contributed by atoms with Crippen LogP contribution in [0.3, 0.4) is 0 Å². The molecule has 1 aromatic rings. The van der Waals surface area contributed by atoms with Gasteiger partial charge in [-0.15, -0.1) is 0 Å². The van der Waals surface area contributed by atoms with Gasteiger partial charge < -0.3 is 15.3 Å². The Bertz CT molecular complexity index is 590. The number of hydrogen-bond acceptors (Lipinski definition) is 3. The van der Waals surface area contributed by atoms with Crippen molar-refractivity contribution in [1.29, 1.82) is 0 Å². The van der Waals surface area contributed by atoms with E-state index in [2.05, 4.69) is 5.32 Å². The van der Waals surface area contributed by atoms with E-state index in [4.69, 9.17) is 16.7 Å². The number of halogens is 1. The van der Waals surface area contributed by atoms with Crippen molar-refractivity contribution in [2.75, 3.05) is 25.5 Å². The van der Waals surface area contributed by atoms with Gasteiger partial charge in [-0.1, -0.05) is 17.7 Å². The first-order valence-electron chi connectivity index (χ1n) is 5.77. The van der Waals surface area contributed by atoms with E-state index in [9.17, 15) is 14.4 Å². The van der Waals surface area contributed by atoms with Crippen molar-refractivity contribution < 1.29 is 19.5 Å². The third-order valence-corrected chi connectivity index (χ3v) is 3.34. The number of carboxylic acid groups (broad SMARTS) is 1. The molecular weight excluding hydrogens is 286 g/mol. The minimum absolute atomic E-state index is 0.0756. The molecule has 1 heterocycles. The minimum atomic E-state index is -1.19.